The molecule has 0 bridgehead atoms. The number of nitrogens with zero attached hydrogens (tertiary/aromatic N) is 1. The number of ether oxygens (including phenoxy) is 2. The van der Waals surface area contributed by atoms with Crippen molar-refractivity contribution in [1.29, 1.82) is 0 Å². The Bertz CT molecular complexity index is 872. The maximum Gasteiger partial charge on any atom is 0.337 e. The lowest BCUT2D eigenvalue weighted by Gasteiger charge is -2.35. The molecule has 2 aromatic carbocycles. The second-order valence-electron chi connectivity index (χ2n) is 8.07. The van der Waals surface area contributed by atoms with Gasteiger partial charge >= 0.3 is 5.97 Å². The first-order valence-corrected chi connectivity index (χ1v) is 10.2. The van der Waals surface area contributed by atoms with Crippen LogP contribution in [0.2, 0.25) is 0 Å². The van der Waals surface area contributed by atoms with E-state index in [4.69, 9.17) is 9.47 Å². The number of carbonyl (C=O) groups excluding carboxylic acids is 1. The molecule has 2 atom stereocenters. The monoisotopic (exact) mass is 393 g/mol. The summed E-state index contributed by atoms with van der Waals surface area (Å²) in [7, 11) is 7.42. The van der Waals surface area contributed by atoms with E-state index in [1.54, 1.807) is 13.2 Å². The summed E-state index contributed by atoms with van der Waals surface area (Å²) in [5, 5.41) is 0. The minimum atomic E-state index is -0.297. The van der Waals surface area contributed by atoms with Crippen LogP contribution in [0, 0.1) is 5.92 Å². The zero-order valence-electron chi connectivity index (χ0n) is 17.9. The molecule has 154 valence electrons. The Balaban J connectivity index is 1.87. The fourth-order valence-corrected chi connectivity index (χ4v) is 4.31. The smallest absolute Gasteiger partial charge is 0.337 e. The van der Waals surface area contributed by atoms with Gasteiger partial charge in [-0.05, 0) is 80.6 Å². The lowest BCUT2D eigenvalue weighted by Crippen LogP contribution is -2.29. The maximum absolute atomic E-state index is 11.8. The Morgan fingerprint density at radius 1 is 1.14 bits per heavy atom. The van der Waals surface area contributed by atoms with Crippen LogP contribution in [0.1, 0.15) is 46.7 Å². The largest absolute Gasteiger partial charge is 0.497 e. The van der Waals surface area contributed by atoms with Crippen LogP contribution >= 0.6 is 0 Å². The zero-order chi connectivity index (χ0) is 20.8. The summed E-state index contributed by atoms with van der Waals surface area (Å²) in [6, 6.07) is 16.1. The molecule has 0 unspecified atom stereocenters. The zero-order valence-corrected chi connectivity index (χ0v) is 17.9. The van der Waals surface area contributed by atoms with Gasteiger partial charge in [0.1, 0.15) is 5.75 Å². The number of carbonyl (C=O) groups is 1. The normalized spacial score (nSPS) is 20.7. The highest BCUT2D eigenvalue weighted by molar-refractivity contribution is 5.90. The van der Waals surface area contributed by atoms with Crippen molar-refractivity contribution in [3.8, 4) is 5.75 Å². The van der Waals surface area contributed by atoms with E-state index in [-0.39, 0.29) is 5.97 Å². The lowest BCUT2D eigenvalue weighted by molar-refractivity contribution is 0.0600. The minimum absolute atomic E-state index is 0.297. The van der Waals surface area contributed by atoms with Gasteiger partial charge in [0.25, 0.3) is 0 Å². The molecule has 0 radical (unpaired) electrons. The van der Waals surface area contributed by atoms with Gasteiger partial charge < -0.3 is 14.4 Å². The minimum Gasteiger partial charge on any atom is -0.497 e. The number of rotatable bonds is 6. The molecule has 1 aliphatic carbocycles. The number of hydrogen-bond donors (Lipinski definition) is 0. The molecular weight excluding hydrogens is 362 g/mol. The molecule has 0 spiro atoms. The van der Waals surface area contributed by atoms with E-state index in [2.05, 4.69) is 43.3 Å². The average molecular weight is 394 g/mol. The Hall–Kier alpha value is -2.59. The Morgan fingerprint density at radius 3 is 2.66 bits per heavy atom. The first kappa shape index (κ1) is 21.1. The first-order chi connectivity index (χ1) is 14.0. The summed E-state index contributed by atoms with van der Waals surface area (Å²) in [6.45, 7) is 1.08. The van der Waals surface area contributed by atoms with Gasteiger partial charge in [0.05, 0.1) is 19.8 Å². The van der Waals surface area contributed by atoms with Crippen molar-refractivity contribution >= 4 is 12.0 Å². The molecule has 0 saturated heterocycles. The Morgan fingerprint density at radius 2 is 1.93 bits per heavy atom. The van der Waals surface area contributed by atoms with E-state index >= 15 is 0 Å². The summed E-state index contributed by atoms with van der Waals surface area (Å²) < 4.78 is 10.3. The van der Waals surface area contributed by atoms with E-state index in [0.717, 1.165) is 37.1 Å². The Labute approximate surface area is 174 Å². The molecule has 4 heteroatoms. The van der Waals surface area contributed by atoms with Gasteiger partial charge in [-0.25, -0.2) is 4.79 Å². The summed E-state index contributed by atoms with van der Waals surface area (Å²) in [6.07, 6.45) is 5.50. The van der Waals surface area contributed by atoms with E-state index < -0.39 is 0 Å². The molecule has 0 aromatic heterocycles. The third kappa shape index (κ3) is 5.48. The number of benzene rings is 2. The van der Waals surface area contributed by atoms with Gasteiger partial charge in [-0.15, -0.1) is 0 Å². The van der Waals surface area contributed by atoms with Gasteiger partial charge in [0, 0.05) is 6.54 Å². The summed E-state index contributed by atoms with van der Waals surface area (Å²) in [5.74, 6) is 1.68. The highest BCUT2D eigenvalue weighted by atomic mass is 16.5. The average Bonchev–Trinajstić information content (AvgIpc) is 2.74. The van der Waals surface area contributed by atoms with Crippen LogP contribution in [0.3, 0.4) is 0 Å². The number of esters is 1. The topological polar surface area (TPSA) is 38.8 Å². The molecule has 29 heavy (non-hydrogen) atoms. The fourth-order valence-electron chi connectivity index (χ4n) is 4.31. The van der Waals surface area contributed by atoms with Crippen molar-refractivity contribution in [2.24, 2.45) is 5.92 Å². The van der Waals surface area contributed by atoms with Crippen molar-refractivity contribution in [2.45, 2.75) is 25.2 Å². The van der Waals surface area contributed by atoms with Crippen LogP contribution in [-0.2, 0) is 4.74 Å². The fraction of sp³-hybridized carbons (Fsp3) is 0.400. The van der Waals surface area contributed by atoms with Crippen LogP contribution in [0.5, 0.6) is 5.75 Å². The molecular formula is C25H31NO3. The standard InChI is InChI=1S/C25H31NO3/c1-26(2)17-22-12-11-19(13-18-7-5-9-21(14-18)25(27)29-4)15-24(22)20-8-6-10-23(16-20)28-3/h5-10,13-14,16,22,24H,11-12,15,17H2,1-4H3/b19-13-/t22-,24-/m0/s1. The third-order valence-electron chi connectivity index (χ3n) is 5.69. The van der Waals surface area contributed by atoms with E-state index in [9.17, 15) is 4.79 Å². The molecule has 0 N–H and O–H groups in total. The van der Waals surface area contributed by atoms with Gasteiger partial charge in [-0.2, -0.15) is 0 Å². The third-order valence-corrected chi connectivity index (χ3v) is 5.69. The van der Waals surface area contributed by atoms with E-state index in [1.165, 1.54) is 18.2 Å². The Kier molecular flexibility index (Phi) is 7.10. The number of methoxy groups -OCH3 is 2. The van der Waals surface area contributed by atoms with Crippen LogP contribution in [0.25, 0.3) is 6.08 Å². The van der Waals surface area contributed by atoms with Crippen molar-refractivity contribution in [1.82, 2.24) is 4.90 Å². The van der Waals surface area contributed by atoms with Gasteiger partial charge in [0.2, 0.25) is 0 Å². The summed E-state index contributed by atoms with van der Waals surface area (Å²) >= 11 is 0. The SMILES string of the molecule is COC(=O)c1cccc(/C=C2/CC[C@@H](CN(C)C)[C@H](c3cccc(OC)c3)C2)c1. The molecule has 2 aromatic rings. The molecule has 3 rings (SSSR count). The van der Waals surface area contributed by atoms with Crippen LogP contribution < -0.4 is 4.74 Å². The van der Waals surface area contributed by atoms with Crippen molar-refractivity contribution in [3.63, 3.8) is 0 Å². The second-order valence-corrected chi connectivity index (χ2v) is 8.07. The van der Waals surface area contributed by atoms with E-state index in [1.807, 2.05) is 24.3 Å². The molecule has 0 amide bonds. The van der Waals surface area contributed by atoms with Gasteiger partial charge in [-0.1, -0.05) is 35.9 Å². The molecule has 0 aliphatic heterocycles. The number of allylic oxidation sites excluding steroid dienone is 1. The summed E-state index contributed by atoms with van der Waals surface area (Å²) in [5.41, 5.74) is 4.41. The molecule has 1 aliphatic rings. The van der Waals surface area contributed by atoms with Crippen LogP contribution in [-0.4, -0.2) is 45.7 Å². The first-order valence-electron chi connectivity index (χ1n) is 10.2. The highest BCUT2D eigenvalue weighted by Gasteiger charge is 2.29. The molecule has 1 saturated carbocycles. The van der Waals surface area contributed by atoms with Crippen LogP contribution in [0.15, 0.2) is 54.1 Å². The van der Waals surface area contributed by atoms with Gasteiger partial charge in [0.15, 0.2) is 0 Å². The molecule has 1 fully saturated rings. The number of hydrogen-bond acceptors (Lipinski definition) is 4. The molecule has 4 nitrogen and oxygen atoms in total. The predicted molar refractivity (Wildman–Crippen MR) is 117 cm³/mol. The summed E-state index contributed by atoms with van der Waals surface area (Å²) in [4.78, 5) is 14.1. The second kappa shape index (κ2) is 9.75. The molecule has 0 heterocycles. The maximum atomic E-state index is 11.8. The van der Waals surface area contributed by atoms with Crippen molar-refractivity contribution in [2.75, 3.05) is 34.9 Å². The lowest BCUT2D eigenvalue weighted by atomic mass is 9.73. The van der Waals surface area contributed by atoms with Crippen molar-refractivity contribution < 1.29 is 14.3 Å². The quantitative estimate of drug-likeness (QED) is 0.647. The highest BCUT2D eigenvalue weighted by Crippen LogP contribution is 2.42. The predicted octanol–water partition coefficient (Wildman–Crippen LogP) is 5.01. The van der Waals surface area contributed by atoms with E-state index in [0.29, 0.717) is 17.4 Å². The van der Waals surface area contributed by atoms with Crippen molar-refractivity contribution in [3.05, 3.63) is 70.8 Å². The van der Waals surface area contributed by atoms with Crippen LogP contribution in [0.4, 0.5) is 0 Å². The van der Waals surface area contributed by atoms with Gasteiger partial charge in [-0.3, -0.25) is 0 Å².